The molecule has 1 aliphatic rings. The number of rotatable bonds is 6. The Kier molecular flexibility index (Phi) is 6.68. The van der Waals surface area contributed by atoms with E-state index in [1.54, 1.807) is 0 Å². The molecule has 2 atom stereocenters. The predicted octanol–water partition coefficient (Wildman–Crippen LogP) is 3.60. The van der Waals surface area contributed by atoms with E-state index in [9.17, 15) is 4.79 Å². The number of amides is 1. The van der Waals surface area contributed by atoms with Crippen molar-refractivity contribution in [3.63, 3.8) is 0 Å². The van der Waals surface area contributed by atoms with E-state index in [4.69, 9.17) is 11.5 Å². The number of aliphatic imine (C=N–C) groups is 1. The van der Waals surface area contributed by atoms with Crippen molar-refractivity contribution in [2.75, 3.05) is 5.32 Å². The quantitative estimate of drug-likeness (QED) is 0.329. The lowest BCUT2D eigenvalue weighted by Gasteiger charge is -2.30. The van der Waals surface area contributed by atoms with Crippen LogP contribution in [0.5, 0.6) is 0 Å². The van der Waals surface area contributed by atoms with Gasteiger partial charge >= 0.3 is 0 Å². The summed E-state index contributed by atoms with van der Waals surface area (Å²) in [4.78, 5) is 27.0. The van der Waals surface area contributed by atoms with E-state index in [0.717, 1.165) is 42.2 Å². The molecule has 1 aromatic heterocycles. The molecular weight excluding hydrogens is 426 g/mol. The molecule has 8 nitrogen and oxygen atoms in total. The van der Waals surface area contributed by atoms with Crippen LogP contribution in [0.25, 0.3) is 10.9 Å². The lowest BCUT2D eigenvalue weighted by atomic mass is 9.90. The first-order valence-corrected chi connectivity index (χ1v) is 11.7. The molecule has 178 valence electrons. The molecule has 1 amide bonds. The summed E-state index contributed by atoms with van der Waals surface area (Å²) in [5.74, 6) is 0.505. The van der Waals surface area contributed by atoms with Gasteiger partial charge in [0.15, 0.2) is 5.96 Å². The number of nitrogens with zero attached hydrogens (tertiary/aromatic N) is 3. The van der Waals surface area contributed by atoms with Crippen molar-refractivity contribution in [1.82, 2.24) is 15.3 Å². The van der Waals surface area contributed by atoms with Gasteiger partial charge in [-0.2, -0.15) is 0 Å². The molecule has 0 unspecified atom stereocenters. The van der Waals surface area contributed by atoms with E-state index < -0.39 is 5.54 Å². The fourth-order valence-corrected chi connectivity index (χ4v) is 4.52. The minimum absolute atomic E-state index is 0.0196. The van der Waals surface area contributed by atoms with Crippen molar-refractivity contribution < 1.29 is 4.79 Å². The number of nitrogens with one attached hydrogen (secondary N) is 2. The van der Waals surface area contributed by atoms with Crippen molar-refractivity contribution in [2.45, 2.75) is 64.1 Å². The van der Waals surface area contributed by atoms with Gasteiger partial charge in [0.2, 0.25) is 5.82 Å². The van der Waals surface area contributed by atoms with Gasteiger partial charge in [-0.25, -0.2) is 15.0 Å². The third-order valence-corrected chi connectivity index (χ3v) is 6.34. The minimum atomic E-state index is -0.584. The summed E-state index contributed by atoms with van der Waals surface area (Å²) < 4.78 is 0. The number of hydrogen-bond acceptors (Lipinski definition) is 5. The number of anilines is 1. The first-order valence-electron chi connectivity index (χ1n) is 11.7. The maximum atomic E-state index is 13.3. The largest absolute Gasteiger partial charge is 0.370 e. The molecule has 1 saturated carbocycles. The first-order chi connectivity index (χ1) is 16.2. The second-order valence-corrected chi connectivity index (χ2v) is 9.52. The lowest BCUT2D eigenvalue weighted by molar-refractivity contribution is 0.0901. The maximum Gasteiger partial charge on any atom is 0.289 e. The van der Waals surface area contributed by atoms with Gasteiger partial charge in [0.05, 0.1) is 23.1 Å². The number of aromatic nitrogens is 2. The Labute approximate surface area is 200 Å². The Morgan fingerprint density at radius 1 is 1.06 bits per heavy atom. The van der Waals surface area contributed by atoms with Gasteiger partial charge in [0.1, 0.15) is 5.82 Å². The number of guanidine groups is 1. The summed E-state index contributed by atoms with van der Waals surface area (Å²) in [6, 6.07) is 15.8. The van der Waals surface area contributed by atoms with Crippen LogP contribution in [0.15, 0.2) is 53.5 Å². The van der Waals surface area contributed by atoms with E-state index in [2.05, 4.69) is 25.6 Å². The topological polar surface area (TPSA) is 131 Å². The summed E-state index contributed by atoms with van der Waals surface area (Å²) in [5.41, 5.74) is 13.6. The molecule has 0 saturated heterocycles. The maximum absolute atomic E-state index is 13.3. The average molecular weight is 460 g/mol. The molecule has 0 spiro atoms. The monoisotopic (exact) mass is 459 g/mol. The molecular formula is C26H33N7O. The van der Waals surface area contributed by atoms with Crippen molar-refractivity contribution in [2.24, 2.45) is 16.5 Å². The molecule has 3 aromatic rings. The van der Waals surface area contributed by atoms with Crippen molar-refractivity contribution in [3.8, 4) is 0 Å². The lowest BCUT2D eigenvalue weighted by Crippen LogP contribution is -2.42. The number of benzene rings is 2. The number of carbonyl (C=O) groups is 1. The molecule has 1 fully saturated rings. The van der Waals surface area contributed by atoms with Crippen molar-refractivity contribution in [1.29, 1.82) is 0 Å². The zero-order chi connectivity index (χ0) is 24.3. The van der Waals surface area contributed by atoms with Gasteiger partial charge in [0.25, 0.3) is 5.91 Å². The van der Waals surface area contributed by atoms with E-state index in [0.29, 0.717) is 11.3 Å². The van der Waals surface area contributed by atoms with E-state index in [1.165, 1.54) is 0 Å². The van der Waals surface area contributed by atoms with Crippen LogP contribution in [-0.2, 0) is 5.54 Å². The highest BCUT2D eigenvalue weighted by Gasteiger charge is 2.28. The molecule has 1 heterocycles. The molecule has 0 bridgehead atoms. The SMILES string of the molecule is Cc1ccc2nc(C(=O)NC(C)(C)c3ccccc3)nc(N[C@H]3CCCC[C@H]3N=C(N)N)c2c1. The van der Waals surface area contributed by atoms with Gasteiger partial charge in [-0.3, -0.25) is 4.79 Å². The van der Waals surface area contributed by atoms with Gasteiger partial charge in [-0.1, -0.05) is 54.8 Å². The Morgan fingerprint density at radius 2 is 1.79 bits per heavy atom. The normalized spacial score (nSPS) is 18.3. The Morgan fingerprint density at radius 3 is 2.53 bits per heavy atom. The first kappa shape index (κ1) is 23.5. The molecule has 1 aliphatic carbocycles. The number of carbonyl (C=O) groups excluding carboxylic acids is 1. The van der Waals surface area contributed by atoms with Crippen LogP contribution in [0.2, 0.25) is 0 Å². The van der Waals surface area contributed by atoms with Crippen molar-refractivity contribution in [3.05, 3.63) is 65.5 Å². The molecule has 6 N–H and O–H groups in total. The highest BCUT2D eigenvalue weighted by molar-refractivity contribution is 5.97. The minimum Gasteiger partial charge on any atom is -0.370 e. The van der Waals surface area contributed by atoms with Crippen LogP contribution in [0.4, 0.5) is 5.82 Å². The number of fused-ring (bicyclic) bond motifs is 1. The smallest absolute Gasteiger partial charge is 0.289 e. The van der Waals surface area contributed by atoms with Crippen LogP contribution in [-0.4, -0.2) is 33.9 Å². The molecule has 34 heavy (non-hydrogen) atoms. The molecule has 2 aromatic carbocycles. The van der Waals surface area contributed by atoms with Crippen LogP contribution in [0, 0.1) is 6.92 Å². The van der Waals surface area contributed by atoms with E-state index >= 15 is 0 Å². The average Bonchev–Trinajstić information content (AvgIpc) is 2.80. The Hall–Kier alpha value is -3.68. The zero-order valence-corrected chi connectivity index (χ0v) is 20.0. The summed E-state index contributed by atoms with van der Waals surface area (Å²) in [6.07, 6.45) is 3.97. The Bertz CT molecular complexity index is 1200. The highest BCUT2D eigenvalue weighted by Crippen LogP contribution is 2.28. The summed E-state index contributed by atoms with van der Waals surface area (Å²) in [5, 5.41) is 7.50. The number of nitrogens with two attached hydrogens (primary N) is 2. The standard InChI is InChI=1S/C26H33N7O/c1-16-13-14-19-18(15-16)22(30-20-11-7-8-12-21(20)31-25(27)28)32-23(29-19)24(34)33-26(2,3)17-9-5-4-6-10-17/h4-6,9-10,13-15,20-21H,7-8,11-12H2,1-3H3,(H,33,34)(H4,27,28,31)(H,29,30,32)/t20-,21+/m0/s1. The zero-order valence-electron chi connectivity index (χ0n) is 20.0. The van der Waals surface area contributed by atoms with E-state index in [1.807, 2.05) is 69.3 Å². The molecule has 0 aliphatic heterocycles. The van der Waals surface area contributed by atoms with Crippen LogP contribution in [0.1, 0.15) is 61.3 Å². The molecule has 4 rings (SSSR count). The van der Waals surface area contributed by atoms with Crippen LogP contribution < -0.4 is 22.1 Å². The fourth-order valence-electron chi connectivity index (χ4n) is 4.52. The fraction of sp³-hybridized carbons (Fsp3) is 0.385. The third-order valence-electron chi connectivity index (χ3n) is 6.34. The van der Waals surface area contributed by atoms with Crippen molar-refractivity contribution >= 4 is 28.6 Å². The van der Waals surface area contributed by atoms with Gasteiger partial charge in [-0.05, 0) is 51.3 Å². The van der Waals surface area contributed by atoms with Gasteiger partial charge in [-0.15, -0.1) is 0 Å². The van der Waals surface area contributed by atoms with E-state index in [-0.39, 0.29) is 29.8 Å². The van der Waals surface area contributed by atoms with Crippen LogP contribution in [0.3, 0.4) is 0 Å². The van der Waals surface area contributed by atoms with Crippen LogP contribution >= 0.6 is 0 Å². The number of hydrogen-bond donors (Lipinski definition) is 4. The van der Waals surface area contributed by atoms with Gasteiger partial charge in [0, 0.05) is 5.39 Å². The second-order valence-electron chi connectivity index (χ2n) is 9.52. The number of aryl methyl sites for hydroxylation is 1. The Balaban J connectivity index is 1.68. The predicted molar refractivity (Wildman–Crippen MR) is 137 cm³/mol. The molecule has 8 heteroatoms. The second kappa shape index (κ2) is 9.67. The van der Waals surface area contributed by atoms with Gasteiger partial charge < -0.3 is 22.1 Å². The highest BCUT2D eigenvalue weighted by atomic mass is 16.2. The molecule has 0 radical (unpaired) electrons. The summed E-state index contributed by atoms with van der Waals surface area (Å²) in [6.45, 7) is 5.95. The summed E-state index contributed by atoms with van der Waals surface area (Å²) in [7, 11) is 0. The summed E-state index contributed by atoms with van der Waals surface area (Å²) >= 11 is 0. The third kappa shape index (κ3) is 5.27.